The number of hydrogen-bond donors (Lipinski definition) is 1. The average Bonchev–Trinajstić information content (AvgIpc) is 2.49. The molecule has 0 aromatic heterocycles. The highest BCUT2D eigenvalue weighted by Gasteiger charge is 2.32. The Morgan fingerprint density at radius 2 is 1.74 bits per heavy atom. The van der Waals surface area contributed by atoms with Crippen LogP contribution in [0, 0.1) is 23.0 Å². The lowest BCUT2D eigenvalue weighted by Crippen LogP contribution is -2.45. The molecule has 0 radical (unpaired) electrons. The standard InChI is InChI=1S/C17H22F2N2O2/c1-17(2,3)16(23)21-8-6-11(7-9-21)15(22)20-12-4-5-13(18)14(19)10-12/h4-5,10-11H,6-9H2,1-3H3,(H,20,22). The van der Waals surface area contributed by atoms with E-state index >= 15 is 0 Å². The maximum absolute atomic E-state index is 13.2. The molecule has 1 aromatic carbocycles. The second-order valence-corrected chi connectivity index (χ2v) is 6.93. The second-order valence-electron chi connectivity index (χ2n) is 6.93. The fourth-order valence-electron chi connectivity index (χ4n) is 2.64. The smallest absolute Gasteiger partial charge is 0.227 e. The van der Waals surface area contributed by atoms with Crippen molar-refractivity contribution in [2.24, 2.45) is 11.3 Å². The number of rotatable bonds is 2. The molecule has 1 N–H and O–H groups in total. The van der Waals surface area contributed by atoms with Crippen molar-refractivity contribution in [2.75, 3.05) is 18.4 Å². The molecule has 2 rings (SSSR count). The van der Waals surface area contributed by atoms with Crippen LogP contribution in [0.15, 0.2) is 18.2 Å². The van der Waals surface area contributed by atoms with E-state index in [2.05, 4.69) is 5.32 Å². The summed E-state index contributed by atoms with van der Waals surface area (Å²) in [4.78, 5) is 26.2. The van der Waals surface area contributed by atoms with Gasteiger partial charge in [0.05, 0.1) is 0 Å². The van der Waals surface area contributed by atoms with Crippen LogP contribution in [-0.4, -0.2) is 29.8 Å². The molecular formula is C17H22F2N2O2. The van der Waals surface area contributed by atoms with Crippen molar-refractivity contribution in [1.82, 2.24) is 4.90 Å². The zero-order chi connectivity index (χ0) is 17.2. The van der Waals surface area contributed by atoms with Gasteiger partial charge in [0.25, 0.3) is 0 Å². The van der Waals surface area contributed by atoms with Crippen LogP contribution in [0.4, 0.5) is 14.5 Å². The fraction of sp³-hybridized carbons (Fsp3) is 0.529. The number of hydrogen-bond acceptors (Lipinski definition) is 2. The van der Waals surface area contributed by atoms with E-state index in [9.17, 15) is 18.4 Å². The molecule has 0 atom stereocenters. The Morgan fingerprint density at radius 3 is 2.26 bits per heavy atom. The molecule has 126 valence electrons. The van der Waals surface area contributed by atoms with Crippen LogP contribution in [0.1, 0.15) is 33.6 Å². The Bertz CT molecular complexity index is 603. The summed E-state index contributed by atoms with van der Waals surface area (Å²) >= 11 is 0. The third-order valence-electron chi connectivity index (χ3n) is 3.98. The van der Waals surface area contributed by atoms with Gasteiger partial charge in [-0.15, -0.1) is 0 Å². The maximum Gasteiger partial charge on any atom is 0.227 e. The van der Waals surface area contributed by atoms with E-state index in [1.807, 2.05) is 20.8 Å². The predicted molar refractivity (Wildman–Crippen MR) is 83.7 cm³/mol. The van der Waals surface area contributed by atoms with Gasteiger partial charge in [0.15, 0.2) is 11.6 Å². The van der Waals surface area contributed by atoms with Crippen LogP contribution in [0.5, 0.6) is 0 Å². The van der Waals surface area contributed by atoms with Gasteiger partial charge in [-0.05, 0) is 25.0 Å². The Kier molecular flexibility index (Phi) is 5.02. The van der Waals surface area contributed by atoms with Gasteiger partial charge in [-0.1, -0.05) is 20.8 Å². The van der Waals surface area contributed by atoms with Gasteiger partial charge in [0.1, 0.15) is 0 Å². The largest absolute Gasteiger partial charge is 0.342 e. The van der Waals surface area contributed by atoms with Crippen LogP contribution < -0.4 is 5.32 Å². The summed E-state index contributed by atoms with van der Waals surface area (Å²) < 4.78 is 26.0. The molecular weight excluding hydrogens is 302 g/mol. The maximum atomic E-state index is 13.2. The number of carbonyl (C=O) groups is 2. The summed E-state index contributed by atoms with van der Waals surface area (Å²) in [6.07, 6.45) is 1.13. The minimum Gasteiger partial charge on any atom is -0.342 e. The van der Waals surface area contributed by atoms with Gasteiger partial charge in [-0.25, -0.2) is 8.78 Å². The third-order valence-corrected chi connectivity index (χ3v) is 3.98. The van der Waals surface area contributed by atoms with Crippen molar-refractivity contribution < 1.29 is 18.4 Å². The number of halogens is 2. The molecule has 0 bridgehead atoms. The molecule has 6 heteroatoms. The number of nitrogens with one attached hydrogen (secondary N) is 1. The molecule has 4 nitrogen and oxygen atoms in total. The molecule has 23 heavy (non-hydrogen) atoms. The quantitative estimate of drug-likeness (QED) is 0.908. The first-order valence-corrected chi connectivity index (χ1v) is 7.74. The molecule has 1 aliphatic heterocycles. The Labute approximate surface area is 134 Å². The lowest BCUT2D eigenvalue weighted by molar-refractivity contribution is -0.142. The van der Waals surface area contributed by atoms with Crippen molar-refractivity contribution in [2.45, 2.75) is 33.6 Å². The molecule has 0 spiro atoms. The SMILES string of the molecule is CC(C)(C)C(=O)N1CCC(C(=O)Nc2ccc(F)c(F)c2)CC1. The van der Waals surface area contributed by atoms with Gasteiger partial charge in [-0.3, -0.25) is 9.59 Å². The van der Waals surface area contributed by atoms with Crippen LogP contribution >= 0.6 is 0 Å². The predicted octanol–water partition coefficient (Wildman–Crippen LogP) is 3.19. The molecule has 0 unspecified atom stereocenters. The number of amides is 2. The Morgan fingerprint density at radius 1 is 1.13 bits per heavy atom. The zero-order valence-electron chi connectivity index (χ0n) is 13.7. The highest BCUT2D eigenvalue weighted by Crippen LogP contribution is 2.24. The number of likely N-dealkylation sites (tertiary alicyclic amines) is 1. The van der Waals surface area contributed by atoms with E-state index in [0.29, 0.717) is 25.9 Å². The van der Waals surface area contributed by atoms with E-state index in [1.165, 1.54) is 6.07 Å². The van der Waals surface area contributed by atoms with E-state index in [4.69, 9.17) is 0 Å². The number of carbonyl (C=O) groups excluding carboxylic acids is 2. The third kappa shape index (κ3) is 4.27. The summed E-state index contributed by atoms with van der Waals surface area (Å²) in [5.74, 6) is -2.31. The molecule has 1 saturated heterocycles. The van der Waals surface area contributed by atoms with Crippen molar-refractivity contribution in [3.8, 4) is 0 Å². The summed E-state index contributed by atoms with van der Waals surface area (Å²) in [7, 11) is 0. The van der Waals surface area contributed by atoms with E-state index in [1.54, 1.807) is 4.90 Å². The van der Waals surface area contributed by atoms with Crippen molar-refractivity contribution in [3.05, 3.63) is 29.8 Å². The normalized spacial score (nSPS) is 16.3. The second kappa shape index (κ2) is 6.64. The topological polar surface area (TPSA) is 49.4 Å². The highest BCUT2D eigenvalue weighted by molar-refractivity contribution is 5.92. The summed E-state index contributed by atoms with van der Waals surface area (Å²) in [5.41, 5.74) is -0.192. The highest BCUT2D eigenvalue weighted by atomic mass is 19.2. The number of anilines is 1. The number of piperidine rings is 1. The van der Waals surface area contributed by atoms with Crippen molar-refractivity contribution in [3.63, 3.8) is 0 Å². The fourth-order valence-corrected chi connectivity index (χ4v) is 2.64. The molecule has 0 saturated carbocycles. The van der Waals surface area contributed by atoms with Crippen LogP contribution in [-0.2, 0) is 9.59 Å². The van der Waals surface area contributed by atoms with Crippen molar-refractivity contribution >= 4 is 17.5 Å². The van der Waals surface area contributed by atoms with Crippen molar-refractivity contribution in [1.29, 1.82) is 0 Å². The lowest BCUT2D eigenvalue weighted by atomic mass is 9.90. The minimum atomic E-state index is -0.992. The molecule has 1 heterocycles. The first-order chi connectivity index (χ1) is 10.7. The number of nitrogens with zero attached hydrogens (tertiary/aromatic N) is 1. The van der Waals surface area contributed by atoms with E-state index in [0.717, 1.165) is 12.1 Å². The first kappa shape index (κ1) is 17.4. The molecule has 1 aromatic rings. The molecule has 1 aliphatic rings. The summed E-state index contributed by atoms with van der Waals surface area (Å²) in [5, 5.41) is 2.60. The van der Waals surface area contributed by atoms with Crippen LogP contribution in [0.25, 0.3) is 0 Å². The van der Waals surface area contributed by atoms with Crippen LogP contribution in [0.3, 0.4) is 0 Å². The van der Waals surface area contributed by atoms with Gasteiger partial charge in [0, 0.05) is 36.2 Å². The number of benzene rings is 1. The molecule has 2 amide bonds. The van der Waals surface area contributed by atoms with Crippen LogP contribution in [0.2, 0.25) is 0 Å². The zero-order valence-corrected chi connectivity index (χ0v) is 13.7. The first-order valence-electron chi connectivity index (χ1n) is 7.74. The summed E-state index contributed by atoms with van der Waals surface area (Å²) in [6.45, 7) is 6.68. The lowest BCUT2D eigenvalue weighted by Gasteiger charge is -2.35. The monoisotopic (exact) mass is 324 g/mol. The Hall–Kier alpha value is -1.98. The average molecular weight is 324 g/mol. The van der Waals surface area contributed by atoms with Gasteiger partial charge in [-0.2, -0.15) is 0 Å². The van der Waals surface area contributed by atoms with Gasteiger partial charge < -0.3 is 10.2 Å². The van der Waals surface area contributed by atoms with E-state index in [-0.39, 0.29) is 23.4 Å². The molecule has 1 fully saturated rings. The van der Waals surface area contributed by atoms with Gasteiger partial charge in [0.2, 0.25) is 11.8 Å². The van der Waals surface area contributed by atoms with E-state index < -0.39 is 17.0 Å². The minimum absolute atomic E-state index is 0.0805. The van der Waals surface area contributed by atoms with Gasteiger partial charge >= 0.3 is 0 Å². The Balaban J connectivity index is 1.91. The summed E-state index contributed by atoms with van der Waals surface area (Å²) in [6, 6.07) is 3.27. The molecule has 0 aliphatic carbocycles.